The molecule has 0 aliphatic heterocycles. The van der Waals surface area contributed by atoms with Crippen molar-refractivity contribution in [3.63, 3.8) is 0 Å². The van der Waals surface area contributed by atoms with E-state index in [2.05, 4.69) is 0 Å². The molecule has 2 heteroatoms. The summed E-state index contributed by atoms with van der Waals surface area (Å²) in [4.78, 5) is 0. The summed E-state index contributed by atoms with van der Waals surface area (Å²) in [5.41, 5.74) is 2.20. The van der Waals surface area contributed by atoms with E-state index in [4.69, 9.17) is 11.6 Å². The Morgan fingerprint density at radius 3 is 1.94 bits per heavy atom. The molecule has 0 aliphatic carbocycles. The molecule has 2 atom stereocenters. The first kappa shape index (κ1) is 12.1. The summed E-state index contributed by atoms with van der Waals surface area (Å²) >= 11 is 6.26. The van der Waals surface area contributed by atoms with Gasteiger partial charge in [0.1, 0.15) is 5.82 Å². The van der Waals surface area contributed by atoms with E-state index in [-0.39, 0.29) is 17.1 Å². The van der Waals surface area contributed by atoms with Crippen LogP contribution in [-0.2, 0) is 0 Å². The zero-order valence-electron chi connectivity index (χ0n) is 9.61. The summed E-state index contributed by atoms with van der Waals surface area (Å²) < 4.78 is 12.9. The van der Waals surface area contributed by atoms with Gasteiger partial charge in [-0.2, -0.15) is 0 Å². The fourth-order valence-corrected chi connectivity index (χ4v) is 2.34. The summed E-state index contributed by atoms with van der Waals surface area (Å²) in [5.74, 6) is -0.124. The maximum Gasteiger partial charge on any atom is 0.123 e. The molecule has 2 aromatic carbocycles. The molecule has 0 saturated heterocycles. The predicted octanol–water partition coefficient (Wildman–Crippen LogP) is 4.58. The fraction of sp³-hybridized carbons (Fsp3) is 0.200. The van der Waals surface area contributed by atoms with E-state index >= 15 is 0 Å². The molecule has 2 aromatic rings. The predicted molar refractivity (Wildman–Crippen MR) is 70.0 cm³/mol. The number of halogens is 2. The summed E-state index contributed by atoms with van der Waals surface area (Å²) in [6.07, 6.45) is 0. The van der Waals surface area contributed by atoms with Crippen LogP contribution in [0.2, 0.25) is 0 Å². The zero-order chi connectivity index (χ0) is 12.3. The smallest absolute Gasteiger partial charge is 0.123 e. The highest BCUT2D eigenvalue weighted by atomic mass is 35.5. The van der Waals surface area contributed by atoms with Crippen LogP contribution in [0.3, 0.4) is 0 Å². The SMILES string of the molecule is CC(Cl)C(c1ccccc1)c1ccc(F)cc1. The lowest BCUT2D eigenvalue weighted by Crippen LogP contribution is -2.11. The van der Waals surface area contributed by atoms with Crippen molar-refractivity contribution in [3.05, 3.63) is 71.5 Å². The third kappa shape index (κ3) is 2.86. The van der Waals surface area contributed by atoms with E-state index in [9.17, 15) is 4.39 Å². The van der Waals surface area contributed by atoms with Crippen molar-refractivity contribution in [3.8, 4) is 0 Å². The van der Waals surface area contributed by atoms with Gasteiger partial charge in [0.25, 0.3) is 0 Å². The molecule has 88 valence electrons. The minimum atomic E-state index is -0.220. The number of rotatable bonds is 3. The fourth-order valence-electron chi connectivity index (χ4n) is 2.05. The van der Waals surface area contributed by atoms with Crippen LogP contribution in [0.15, 0.2) is 54.6 Å². The van der Waals surface area contributed by atoms with Crippen LogP contribution in [0, 0.1) is 5.82 Å². The molecule has 0 saturated carbocycles. The van der Waals surface area contributed by atoms with Crippen molar-refractivity contribution < 1.29 is 4.39 Å². The first-order chi connectivity index (χ1) is 8.18. The first-order valence-electron chi connectivity index (χ1n) is 5.63. The largest absolute Gasteiger partial charge is 0.207 e. The van der Waals surface area contributed by atoms with E-state index in [1.54, 1.807) is 12.1 Å². The number of hydrogen-bond donors (Lipinski definition) is 0. The van der Waals surface area contributed by atoms with Gasteiger partial charge >= 0.3 is 0 Å². The topological polar surface area (TPSA) is 0 Å². The quantitative estimate of drug-likeness (QED) is 0.698. The van der Waals surface area contributed by atoms with E-state index in [1.165, 1.54) is 12.1 Å². The van der Waals surface area contributed by atoms with E-state index in [1.807, 2.05) is 37.3 Å². The molecule has 17 heavy (non-hydrogen) atoms. The van der Waals surface area contributed by atoms with Crippen LogP contribution in [0.1, 0.15) is 24.0 Å². The highest BCUT2D eigenvalue weighted by molar-refractivity contribution is 6.21. The lowest BCUT2D eigenvalue weighted by Gasteiger charge is -2.20. The van der Waals surface area contributed by atoms with Crippen LogP contribution in [-0.4, -0.2) is 5.38 Å². The second kappa shape index (κ2) is 5.33. The Labute approximate surface area is 106 Å². The number of benzene rings is 2. The standard InChI is InChI=1S/C15H14ClF/c1-11(16)15(12-5-3-2-4-6-12)13-7-9-14(17)10-8-13/h2-11,15H,1H3. The van der Waals surface area contributed by atoms with Gasteiger partial charge in [0.15, 0.2) is 0 Å². The second-order valence-corrected chi connectivity index (χ2v) is 4.81. The maximum absolute atomic E-state index is 12.9. The van der Waals surface area contributed by atoms with Gasteiger partial charge < -0.3 is 0 Å². The molecule has 0 radical (unpaired) electrons. The van der Waals surface area contributed by atoms with Crippen LogP contribution in [0.4, 0.5) is 4.39 Å². The van der Waals surface area contributed by atoms with Gasteiger partial charge in [0, 0.05) is 11.3 Å². The Kier molecular flexibility index (Phi) is 3.80. The lowest BCUT2D eigenvalue weighted by atomic mass is 9.89. The summed E-state index contributed by atoms with van der Waals surface area (Å²) in [7, 11) is 0. The van der Waals surface area contributed by atoms with Crippen LogP contribution in [0.25, 0.3) is 0 Å². The van der Waals surface area contributed by atoms with Gasteiger partial charge in [-0.15, -0.1) is 11.6 Å². The molecule has 0 bridgehead atoms. The number of hydrogen-bond acceptors (Lipinski definition) is 0. The molecule has 0 heterocycles. The Hall–Kier alpha value is -1.34. The molecular weight excluding hydrogens is 235 g/mol. The highest BCUT2D eigenvalue weighted by Crippen LogP contribution is 2.30. The molecule has 0 aromatic heterocycles. The molecule has 0 spiro atoms. The zero-order valence-corrected chi connectivity index (χ0v) is 10.4. The molecule has 0 fully saturated rings. The molecule has 2 rings (SSSR count). The summed E-state index contributed by atoms with van der Waals surface area (Å²) in [5, 5.41) is -0.0390. The minimum absolute atomic E-state index is 0.0390. The minimum Gasteiger partial charge on any atom is -0.207 e. The van der Waals surface area contributed by atoms with Crippen molar-refractivity contribution in [2.75, 3.05) is 0 Å². The monoisotopic (exact) mass is 248 g/mol. The molecular formula is C15H14ClF. The van der Waals surface area contributed by atoms with Crippen molar-refractivity contribution in [1.29, 1.82) is 0 Å². The maximum atomic E-state index is 12.9. The Morgan fingerprint density at radius 1 is 0.882 bits per heavy atom. The lowest BCUT2D eigenvalue weighted by molar-refractivity contribution is 0.626. The molecule has 2 unspecified atom stereocenters. The van der Waals surface area contributed by atoms with Crippen LogP contribution in [0.5, 0.6) is 0 Å². The van der Waals surface area contributed by atoms with Gasteiger partial charge in [0.05, 0.1) is 0 Å². The van der Waals surface area contributed by atoms with Gasteiger partial charge in [-0.25, -0.2) is 4.39 Å². The molecule has 0 aliphatic rings. The second-order valence-electron chi connectivity index (χ2n) is 4.12. The summed E-state index contributed by atoms with van der Waals surface area (Å²) in [6.45, 7) is 1.96. The Morgan fingerprint density at radius 2 is 1.41 bits per heavy atom. The summed E-state index contributed by atoms with van der Waals surface area (Å²) in [6, 6.07) is 16.6. The van der Waals surface area contributed by atoms with E-state index in [0.717, 1.165) is 11.1 Å². The Balaban J connectivity index is 2.39. The molecule has 0 amide bonds. The van der Waals surface area contributed by atoms with E-state index < -0.39 is 0 Å². The first-order valence-corrected chi connectivity index (χ1v) is 6.06. The van der Waals surface area contributed by atoms with Gasteiger partial charge in [0.2, 0.25) is 0 Å². The number of alkyl halides is 1. The average Bonchev–Trinajstić information content (AvgIpc) is 2.33. The third-order valence-electron chi connectivity index (χ3n) is 2.85. The van der Waals surface area contributed by atoms with Gasteiger partial charge in [-0.1, -0.05) is 42.5 Å². The van der Waals surface area contributed by atoms with Crippen molar-refractivity contribution in [2.24, 2.45) is 0 Å². The highest BCUT2D eigenvalue weighted by Gasteiger charge is 2.19. The van der Waals surface area contributed by atoms with Crippen molar-refractivity contribution >= 4 is 11.6 Å². The Bertz CT molecular complexity index is 462. The van der Waals surface area contributed by atoms with Crippen molar-refractivity contribution in [1.82, 2.24) is 0 Å². The van der Waals surface area contributed by atoms with E-state index in [0.29, 0.717) is 0 Å². The third-order valence-corrected chi connectivity index (χ3v) is 3.10. The molecule has 0 N–H and O–H groups in total. The van der Waals surface area contributed by atoms with Gasteiger partial charge in [-0.05, 0) is 30.2 Å². The van der Waals surface area contributed by atoms with Crippen LogP contribution < -0.4 is 0 Å². The van der Waals surface area contributed by atoms with Crippen LogP contribution >= 0.6 is 11.6 Å². The normalized spacial score (nSPS) is 14.3. The van der Waals surface area contributed by atoms with Crippen molar-refractivity contribution in [2.45, 2.75) is 18.2 Å². The average molecular weight is 249 g/mol. The van der Waals surface area contributed by atoms with Gasteiger partial charge in [-0.3, -0.25) is 0 Å². The molecule has 0 nitrogen and oxygen atoms in total.